The number of benzene rings is 1. The van der Waals surface area contributed by atoms with Gasteiger partial charge in [0.1, 0.15) is 5.82 Å². The van der Waals surface area contributed by atoms with E-state index in [9.17, 15) is 0 Å². The van der Waals surface area contributed by atoms with Gasteiger partial charge in [-0.15, -0.1) is 0 Å². The molecule has 3 nitrogen and oxygen atoms in total. The average Bonchev–Trinajstić information content (AvgIpc) is 2.82. The van der Waals surface area contributed by atoms with Crippen LogP contribution in [0.4, 0.5) is 5.69 Å². The van der Waals surface area contributed by atoms with Crippen LogP contribution in [0.25, 0.3) is 16.7 Å². The molecule has 0 unspecified atom stereocenters. The second kappa shape index (κ2) is 4.18. The van der Waals surface area contributed by atoms with Gasteiger partial charge in [-0.25, -0.2) is 4.98 Å². The molecule has 2 aromatic heterocycles. The van der Waals surface area contributed by atoms with Crippen LogP contribution in [0, 0.1) is 0 Å². The van der Waals surface area contributed by atoms with Crippen molar-refractivity contribution in [2.75, 3.05) is 19.0 Å². The first-order chi connectivity index (χ1) is 8.75. The molecule has 0 N–H and O–H groups in total. The van der Waals surface area contributed by atoms with Crippen LogP contribution in [0.2, 0.25) is 0 Å². The van der Waals surface area contributed by atoms with Gasteiger partial charge in [-0.3, -0.25) is 0 Å². The van der Waals surface area contributed by atoms with Gasteiger partial charge in [0.15, 0.2) is 0 Å². The van der Waals surface area contributed by atoms with Crippen LogP contribution in [0.3, 0.4) is 0 Å². The standard InChI is InChI=1S/C15H15N3/c1-17(2)13-6-7-14-12(11-13)8-10-18(14)15-5-3-4-9-16-15/h3-11H,1-2H3. The SMILES string of the molecule is CN(C)c1ccc2c(ccn2-c2ccccn2)c1. The molecule has 0 fully saturated rings. The first-order valence-electron chi connectivity index (χ1n) is 5.95. The Morgan fingerprint density at radius 1 is 1.06 bits per heavy atom. The molecule has 3 rings (SSSR count). The number of hydrogen-bond acceptors (Lipinski definition) is 2. The normalized spacial score (nSPS) is 10.8. The summed E-state index contributed by atoms with van der Waals surface area (Å²) in [5.41, 5.74) is 2.39. The van der Waals surface area contributed by atoms with Crippen molar-refractivity contribution in [3.05, 3.63) is 54.9 Å². The maximum atomic E-state index is 4.38. The average molecular weight is 237 g/mol. The molecule has 0 spiro atoms. The minimum atomic E-state index is 0.949. The van der Waals surface area contributed by atoms with Crippen molar-refractivity contribution in [2.24, 2.45) is 0 Å². The largest absolute Gasteiger partial charge is 0.378 e. The lowest BCUT2D eigenvalue weighted by atomic mass is 10.2. The van der Waals surface area contributed by atoms with Crippen LogP contribution in [-0.4, -0.2) is 23.6 Å². The third kappa shape index (κ3) is 1.74. The van der Waals surface area contributed by atoms with E-state index in [-0.39, 0.29) is 0 Å². The number of anilines is 1. The molecule has 0 bridgehead atoms. The molecule has 0 saturated carbocycles. The van der Waals surface area contributed by atoms with E-state index in [1.165, 1.54) is 16.6 Å². The number of fused-ring (bicyclic) bond motifs is 1. The summed E-state index contributed by atoms with van der Waals surface area (Å²) < 4.78 is 2.11. The second-order valence-electron chi connectivity index (χ2n) is 4.51. The highest BCUT2D eigenvalue weighted by atomic mass is 15.1. The second-order valence-corrected chi connectivity index (χ2v) is 4.51. The number of hydrogen-bond donors (Lipinski definition) is 0. The first-order valence-corrected chi connectivity index (χ1v) is 5.95. The Kier molecular flexibility index (Phi) is 2.52. The Bertz CT molecular complexity index is 669. The molecule has 0 aliphatic heterocycles. The molecule has 2 heterocycles. The van der Waals surface area contributed by atoms with Gasteiger partial charge in [0.2, 0.25) is 0 Å². The molecule has 0 amide bonds. The van der Waals surface area contributed by atoms with Crippen molar-refractivity contribution in [1.29, 1.82) is 0 Å². The molecule has 3 aromatic rings. The molecule has 90 valence electrons. The fourth-order valence-electron chi connectivity index (χ4n) is 2.10. The van der Waals surface area contributed by atoms with Gasteiger partial charge >= 0.3 is 0 Å². The van der Waals surface area contributed by atoms with Gasteiger partial charge < -0.3 is 9.47 Å². The van der Waals surface area contributed by atoms with E-state index in [1.54, 1.807) is 0 Å². The Morgan fingerprint density at radius 2 is 1.94 bits per heavy atom. The third-order valence-electron chi connectivity index (χ3n) is 3.09. The van der Waals surface area contributed by atoms with E-state index in [1.807, 2.05) is 24.4 Å². The van der Waals surface area contributed by atoms with E-state index >= 15 is 0 Å². The summed E-state index contributed by atoms with van der Waals surface area (Å²) >= 11 is 0. The molecule has 3 heteroatoms. The maximum absolute atomic E-state index is 4.38. The summed E-state index contributed by atoms with van der Waals surface area (Å²) in [6.07, 6.45) is 3.88. The number of rotatable bonds is 2. The summed E-state index contributed by atoms with van der Waals surface area (Å²) in [5, 5.41) is 1.23. The minimum absolute atomic E-state index is 0.949. The lowest BCUT2D eigenvalue weighted by molar-refractivity contribution is 1.04. The van der Waals surface area contributed by atoms with Gasteiger partial charge in [-0.2, -0.15) is 0 Å². The van der Waals surface area contributed by atoms with E-state index < -0.39 is 0 Å². The van der Waals surface area contributed by atoms with E-state index in [0.717, 1.165) is 5.82 Å². The summed E-state index contributed by atoms with van der Waals surface area (Å²) in [6, 6.07) is 14.5. The number of aromatic nitrogens is 2. The fourth-order valence-corrected chi connectivity index (χ4v) is 2.10. The van der Waals surface area contributed by atoms with Gasteiger partial charge in [0, 0.05) is 37.6 Å². The Labute approximate surface area is 106 Å². The van der Waals surface area contributed by atoms with E-state index in [4.69, 9.17) is 0 Å². The molecule has 0 aliphatic carbocycles. The predicted octanol–water partition coefficient (Wildman–Crippen LogP) is 3.09. The molecular formula is C15H15N3. The van der Waals surface area contributed by atoms with Crippen LogP contribution in [0.15, 0.2) is 54.9 Å². The zero-order chi connectivity index (χ0) is 12.5. The van der Waals surface area contributed by atoms with Crippen molar-refractivity contribution >= 4 is 16.6 Å². The Hall–Kier alpha value is -2.29. The molecular weight excluding hydrogens is 222 g/mol. The molecule has 1 aromatic carbocycles. The van der Waals surface area contributed by atoms with Crippen LogP contribution >= 0.6 is 0 Å². The highest BCUT2D eigenvalue weighted by Gasteiger charge is 2.05. The quantitative estimate of drug-likeness (QED) is 0.683. The van der Waals surface area contributed by atoms with Crippen LogP contribution in [0.1, 0.15) is 0 Å². The predicted molar refractivity (Wildman–Crippen MR) is 75.4 cm³/mol. The fraction of sp³-hybridized carbons (Fsp3) is 0.133. The Morgan fingerprint density at radius 3 is 2.67 bits per heavy atom. The molecule has 0 radical (unpaired) electrons. The van der Waals surface area contributed by atoms with Crippen LogP contribution in [0.5, 0.6) is 0 Å². The van der Waals surface area contributed by atoms with Gasteiger partial charge in [0.05, 0.1) is 5.52 Å². The lowest BCUT2D eigenvalue weighted by Gasteiger charge is -2.12. The summed E-state index contributed by atoms with van der Waals surface area (Å²) in [5.74, 6) is 0.949. The van der Waals surface area contributed by atoms with E-state index in [2.05, 4.69) is 59.0 Å². The van der Waals surface area contributed by atoms with Crippen LogP contribution < -0.4 is 4.90 Å². The first kappa shape index (κ1) is 10.8. The van der Waals surface area contributed by atoms with E-state index in [0.29, 0.717) is 0 Å². The van der Waals surface area contributed by atoms with Gasteiger partial charge in [-0.1, -0.05) is 6.07 Å². The van der Waals surface area contributed by atoms with Crippen molar-refractivity contribution in [3.8, 4) is 5.82 Å². The van der Waals surface area contributed by atoms with Gasteiger partial charge in [-0.05, 0) is 36.4 Å². The zero-order valence-corrected chi connectivity index (χ0v) is 10.5. The van der Waals surface area contributed by atoms with Crippen molar-refractivity contribution < 1.29 is 0 Å². The maximum Gasteiger partial charge on any atom is 0.137 e. The summed E-state index contributed by atoms with van der Waals surface area (Å²) in [7, 11) is 4.10. The summed E-state index contributed by atoms with van der Waals surface area (Å²) in [6.45, 7) is 0. The highest BCUT2D eigenvalue weighted by molar-refractivity contribution is 5.85. The van der Waals surface area contributed by atoms with Gasteiger partial charge in [0.25, 0.3) is 0 Å². The molecule has 0 aliphatic rings. The number of pyridine rings is 1. The third-order valence-corrected chi connectivity index (χ3v) is 3.09. The Balaban J connectivity index is 2.16. The molecule has 0 saturated heterocycles. The van der Waals surface area contributed by atoms with Crippen molar-refractivity contribution in [2.45, 2.75) is 0 Å². The lowest BCUT2D eigenvalue weighted by Crippen LogP contribution is -2.08. The van der Waals surface area contributed by atoms with Crippen LogP contribution in [-0.2, 0) is 0 Å². The smallest absolute Gasteiger partial charge is 0.137 e. The molecule has 0 atom stereocenters. The molecule has 18 heavy (non-hydrogen) atoms. The topological polar surface area (TPSA) is 21.1 Å². The summed E-state index contributed by atoms with van der Waals surface area (Å²) in [4.78, 5) is 6.49. The van der Waals surface area contributed by atoms with Crippen molar-refractivity contribution in [1.82, 2.24) is 9.55 Å². The van der Waals surface area contributed by atoms with Crippen molar-refractivity contribution in [3.63, 3.8) is 0 Å². The zero-order valence-electron chi connectivity index (χ0n) is 10.5. The monoisotopic (exact) mass is 237 g/mol. The minimum Gasteiger partial charge on any atom is -0.378 e. The number of nitrogens with zero attached hydrogens (tertiary/aromatic N) is 3. The highest BCUT2D eigenvalue weighted by Crippen LogP contribution is 2.23.